The van der Waals surface area contributed by atoms with Crippen molar-refractivity contribution in [2.75, 3.05) is 0 Å². The predicted molar refractivity (Wildman–Crippen MR) is 113 cm³/mol. The summed E-state index contributed by atoms with van der Waals surface area (Å²) < 4.78 is 3.84. The molecule has 0 saturated carbocycles. The molecule has 0 saturated heterocycles. The third-order valence-electron chi connectivity index (χ3n) is 4.45. The van der Waals surface area contributed by atoms with Crippen molar-refractivity contribution < 1.29 is 9.90 Å². The molecule has 4 rings (SSSR count). The Bertz CT molecular complexity index is 1220. The maximum atomic E-state index is 12.2. The van der Waals surface area contributed by atoms with Crippen LogP contribution in [-0.4, -0.2) is 25.0 Å². The molecule has 1 N–H and O–H groups in total. The van der Waals surface area contributed by atoms with Gasteiger partial charge in [-0.2, -0.15) is 0 Å². The molecule has 0 radical (unpaired) electrons. The summed E-state index contributed by atoms with van der Waals surface area (Å²) in [6, 6.07) is 13.7. The van der Waals surface area contributed by atoms with Gasteiger partial charge in [-0.05, 0) is 55.0 Å². The van der Waals surface area contributed by atoms with Gasteiger partial charge in [-0.3, -0.25) is 14.2 Å². The molecule has 0 unspecified atom stereocenters. The minimum Gasteiger partial charge on any atom is -0.503 e. The van der Waals surface area contributed by atoms with Crippen LogP contribution in [0.4, 0.5) is 0 Å². The predicted octanol–water partition coefficient (Wildman–Crippen LogP) is 4.26. The number of aromatic hydroxyl groups is 1. The van der Waals surface area contributed by atoms with E-state index in [-0.39, 0.29) is 11.5 Å². The number of aryl methyl sites for hydroxylation is 1. The van der Waals surface area contributed by atoms with Crippen molar-refractivity contribution in [2.45, 2.75) is 12.8 Å². The molecule has 3 heterocycles. The van der Waals surface area contributed by atoms with Gasteiger partial charge in [0, 0.05) is 30.2 Å². The number of halogens is 1. The average molecular weight is 426 g/mol. The molecule has 6 nitrogen and oxygen atoms in total. The van der Waals surface area contributed by atoms with E-state index in [1.165, 1.54) is 22.0 Å². The Morgan fingerprint density at radius 2 is 1.86 bits per heavy atom. The van der Waals surface area contributed by atoms with Gasteiger partial charge in [0.25, 0.3) is 5.56 Å². The first-order valence-corrected chi connectivity index (χ1v) is 10.0. The van der Waals surface area contributed by atoms with Crippen molar-refractivity contribution in [1.29, 1.82) is 0 Å². The van der Waals surface area contributed by atoms with Crippen LogP contribution < -0.4 is 5.56 Å². The molecule has 4 aromatic rings. The number of nitrogens with zero attached hydrogens (tertiary/aromatic N) is 3. The van der Waals surface area contributed by atoms with E-state index in [4.69, 9.17) is 11.6 Å². The smallest absolute Gasteiger partial charge is 0.297 e. The van der Waals surface area contributed by atoms with Crippen LogP contribution in [0.1, 0.15) is 21.8 Å². The summed E-state index contributed by atoms with van der Waals surface area (Å²) in [6.45, 7) is 0. The number of ketones is 1. The number of hydrogen-bond acceptors (Lipinski definition) is 5. The van der Waals surface area contributed by atoms with Gasteiger partial charge in [0.05, 0.1) is 21.2 Å². The standard InChI is InChI=1S/C21H16ClN3O3S/c22-20-10-9-19(29-20)17(26)8-3-14-12-24(13-23-14)15-4-6-16(7-5-15)25-11-1-2-18(27)21(25)28/h1-2,4-7,9-13,27H,3,8H2. The second kappa shape index (κ2) is 8.06. The van der Waals surface area contributed by atoms with E-state index in [9.17, 15) is 14.7 Å². The van der Waals surface area contributed by atoms with Gasteiger partial charge in [0.15, 0.2) is 11.5 Å². The van der Waals surface area contributed by atoms with Crippen molar-refractivity contribution in [1.82, 2.24) is 14.1 Å². The highest BCUT2D eigenvalue weighted by Crippen LogP contribution is 2.23. The molecule has 29 heavy (non-hydrogen) atoms. The molecule has 0 fully saturated rings. The van der Waals surface area contributed by atoms with Crippen LogP contribution in [0.2, 0.25) is 4.34 Å². The summed E-state index contributed by atoms with van der Waals surface area (Å²) >= 11 is 7.16. The van der Waals surface area contributed by atoms with Crippen LogP contribution in [0.3, 0.4) is 0 Å². The van der Waals surface area contributed by atoms with E-state index in [0.29, 0.717) is 27.7 Å². The summed E-state index contributed by atoms with van der Waals surface area (Å²) in [7, 11) is 0. The Labute approximate surface area is 175 Å². The first kappa shape index (κ1) is 19.2. The quantitative estimate of drug-likeness (QED) is 0.468. The lowest BCUT2D eigenvalue weighted by molar-refractivity contribution is 0.0986. The fraction of sp³-hybridized carbons (Fsp3) is 0.0952. The van der Waals surface area contributed by atoms with Crippen LogP contribution in [0.25, 0.3) is 11.4 Å². The summed E-state index contributed by atoms with van der Waals surface area (Å²) in [6.07, 6.45) is 6.08. The van der Waals surface area contributed by atoms with Gasteiger partial charge in [0.1, 0.15) is 0 Å². The Balaban J connectivity index is 1.46. The fourth-order valence-electron chi connectivity index (χ4n) is 2.93. The van der Waals surface area contributed by atoms with Gasteiger partial charge < -0.3 is 9.67 Å². The molecule has 0 spiro atoms. The zero-order valence-corrected chi connectivity index (χ0v) is 16.7. The highest BCUT2D eigenvalue weighted by atomic mass is 35.5. The van der Waals surface area contributed by atoms with Crippen LogP contribution in [0.5, 0.6) is 5.75 Å². The van der Waals surface area contributed by atoms with Crippen molar-refractivity contribution in [3.63, 3.8) is 0 Å². The van der Waals surface area contributed by atoms with Crippen LogP contribution >= 0.6 is 22.9 Å². The average Bonchev–Trinajstić information content (AvgIpc) is 3.38. The maximum absolute atomic E-state index is 12.2. The van der Waals surface area contributed by atoms with E-state index in [2.05, 4.69) is 4.98 Å². The van der Waals surface area contributed by atoms with Gasteiger partial charge in [0.2, 0.25) is 0 Å². The van der Waals surface area contributed by atoms with E-state index in [1.54, 1.807) is 42.9 Å². The first-order chi connectivity index (χ1) is 14.0. The SMILES string of the molecule is O=C(CCc1cn(-c2ccc(-n3cccc(O)c3=O)cc2)cn1)c1ccc(Cl)s1. The summed E-state index contributed by atoms with van der Waals surface area (Å²) in [5, 5.41) is 9.58. The number of imidazole rings is 1. The van der Waals surface area contributed by atoms with Crippen molar-refractivity contribution >= 4 is 28.7 Å². The van der Waals surface area contributed by atoms with Crippen LogP contribution in [0.15, 0.2) is 72.0 Å². The number of rotatable bonds is 6. The molecular weight excluding hydrogens is 410 g/mol. The van der Waals surface area contributed by atoms with E-state index >= 15 is 0 Å². The fourth-order valence-corrected chi connectivity index (χ4v) is 3.94. The largest absolute Gasteiger partial charge is 0.503 e. The highest BCUT2D eigenvalue weighted by molar-refractivity contribution is 7.18. The Morgan fingerprint density at radius 3 is 2.59 bits per heavy atom. The molecule has 0 atom stereocenters. The molecule has 0 aliphatic carbocycles. The topological polar surface area (TPSA) is 77.1 Å². The molecule has 0 bridgehead atoms. The lowest BCUT2D eigenvalue weighted by Crippen LogP contribution is -2.16. The van der Waals surface area contributed by atoms with Crippen molar-refractivity contribution in [3.8, 4) is 17.1 Å². The summed E-state index contributed by atoms with van der Waals surface area (Å²) in [5.74, 6) is -0.243. The van der Waals surface area contributed by atoms with E-state index in [0.717, 1.165) is 11.4 Å². The molecule has 0 aliphatic heterocycles. The first-order valence-electron chi connectivity index (χ1n) is 8.84. The van der Waals surface area contributed by atoms with Gasteiger partial charge in [-0.15, -0.1) is 11.3 Å². The minimum atomic E-state index is -0.470. The maximum Gasteiger partial charge on any atom is 0.297 e. The summed E-state index contributed by atoms with van der Waals surface area (Å²) in [5.41, 5.74) is 1.86. The summed E-state index contributed by atoms with van der Waals surface area (Å²) in [4.78, 5) is 29.3. The van der Waals surface area contributed by atoms with Gasteiger partial charge in [-0.25, -0.2) is 4.98 Å². The zero-order valence-electron chi connectivity index (χ0n) is 15.2. The number of pyridine rings is 1. The minimum absolute atomic E-state index is 0.0531. The zero-order chi connectivity index (χ0) is 20.4. The Morgan fingerprint density at radius 1 is 1.10 bits per heavy atom. The number of hydrogen-bond donors (Lipinski definition) is 1. The van der Waals surface area contributed by atoms with Crippen molar-refractivity contribution in [3.05, 3.63) is 92.5 Å². The molecule has 3 aromatic heterocycles. The third kappa shape index (κ3) is 4.16. The number of benzene rings is 1. The van der Waals surface area contributed by atoms with Crippen LogP contribution in [0, 0.1) is 0 Å². The number of thiophene rings is 1. The monoisotopic (exact) mass is 425 g/mol. The second-order valence-electron chi connectivity index (χ2n) is 6.38. The number of aromatic nitrogens is 3. The number of Topliss-reactive ketones (excluding diaryl/α,β-unsaturated/α-hetero) is 1. The molecule has 1 aromatic carbocycles. The van der Waals surface area contributed by atoms with Gasteiger partial charge >= 0.3 is 0 Å². The molecule has 8 heteroatoms. The van der Waals surface area contributed by atoms with Crippen molar-refractivity contribution in [2.24, 2.45) is 0 Å². The second-order valence-corrected chi connectivity index (χ2v) is 8.10. The Hall–Kier alpha value is -3.16. The normalized spacial score (nSPS) is 10.9. The highest BCUT2D eigenvalue weighted by Gasteiger charge is 2.11. The van der Waals surface area contributed by atoms with Crippen LogP contribution in [-0.2, 0) is 6.42 Å². The number of carbonyl (C=O) groups is 1. The molecular formula is C21H16ClN3O3S. The number of carbonyl (C=O) groups excluding carboxylic acids is 1. The lowest BCUT2D eigenvalue weighted by atomic mass is 10.1. The van der Waals surface area contributed by atoms with E-state index in [1.807, 2.05) is 22.9 Å². The van der Waals surface area contributed by atoms with E-state index < -0.39 is 5.56 Å². The molecule has 146 valence electrons. The molecule has 0 amide bonds. The lowest BCUT2D eigenvalue weighted by Gasteiger charge is -2.07. The third-order valence-corrected chi connectivity index (χ3v) is 5.72. The molecule has 0 aliphatic rings. The van der Waals surface area contributed by atoms with Gasteiger partial charge in [-0.1, -0.05) is 11.6 Å². The Kier molecular flexibility index (Phi) is 5.33.